The lowest BCUT2D eigenvalue weighted by molar-refractivity contribution is -0.385. The molecule has 2 aromatic heterocycles. The van der Waals surface area contributed by atoms with Gasteiger partial charge in [-0.1, -0.05) is 29.9 Å². The zero-order valence-electron chi connectivity index (χ0n) is 10.2. The summed E-state index contributed by atoms with van der Waals surface area (Å²) in [6, 6.07) is 1.14. The Morgan fingerprint density at radius 2 is 2.30 bits per heavy atom. The van der Waals surface area contributed by atoms with Crippen molar-refractivity contribution in [3.8, 4) is 0 Å². The summed E-state index contributed by atoms with van der Waals surface area (Å²) in [6.07, 6.45) is 1.63. The molecule has 0 saturated carbocycles. The fraction of sp³-hybridized carbons (Fsp3) is 0.200. The fourth-order valence-electron chi connectivity index (χ4n) is 1.36. The summed E-state index contributed by atoms with van der Waals surface area (Å²) in [5.41, 5.74) is -0.602. The van der Waals surface area contributed by atoms with Crippen molar-refractivity contribution in [2.24, 2.45) is 0 Å². The molecule has 1 amide bonds. The number of anilines is 1. The van der Waals surface area contributed by atoms with Crippen LogP contribution in [0.4, 0.5) is 10.8 Å². The van der Waals surface area contributed by atoms with E-state index in [1.807, 2.05) is 6.92 Å². The van der Waals surface area contributed by atoms with Gasteiger partial charge >= 0.3 is 0 Å². The van der Waals surface area contributed by atoms with Gasteiger partial charge in [-0.05, 0) is 12.5 Å². The summed E-state index contributed by atoms with van der Waals surface area (Å²) < 4.78 is 0. The van der Waals surface area contributed by atoms with E-state index in [-0.39, 0.29) is 15.8 Å². The molecular formula is C10H8ClN5O3S. The predicted molar refractivity (Wildman–Crippen MR) is 73.1 cm³/mol. The first-order valence-electron chi connectivity index (χ1n) is 5.45. The van der Waals surface area contributed by atoms with Gasteiger partial charge < -0.3 is 0 Å². The summed E-state index contributed by atoms with van der Waals surface area (Å²) >= 11 is 6.86. The number of carbonyl (C=O) groups excluding carboxylic acids is 1. The molecule has 8 nitrogen and oxygen atoms in total. The Bertz CT molecular complexity index is 675. The van der Waals surface area contributed by atoms with E-state index < -0.39 is 16.5 Å². The van der Waals surface area contributed by atoms with Gasteiger partial charge in [-0.15, -0.1) is 10.2 Å². The molecule has 104 valence electrons. The molecule has 0 unspecified atom stereocenters. The highest BCUT2D eigenvalue weighted by Gasteiger charge is 2.22. The highest BCUT2D eigenvalue weighted by molar-refractivity contribution is 7.15. The van der Waals surface area contributed by atoms with Crippen LogP contribution in [0, 0.1) is 10.1 Å². The van der Waals surface area contributed by atoms with Crippen LogP contribution in [0.3, 0.4) is 0 Å². The molecule has 2 heterocycles. The Morgan fingerprint density at radius 3 is 2.90 bits per heavy atom. The molecule has 0 aliphatic heterocycles. The van der Waals surface area contributed by atoms with Gasteiger partial charge in [0.05, 0.1) is 4.92 Å². The van der Waals surface area contributed by atoms with Crippen LogP contribution < -0.4 is 5.32 Å². The minimum Gasteiger partial charge on any atom is -0.296 e. The number of nitrogens with zero attached hydrogens (tertiary/aromatic N) is 4. The topological polar surface area (TPSA) is 111 Å². The Morgan fingerprint density at radius 1 is 1.55 bits per heavy atom. The van der Waals surface area contributed by atoms with Crippen molar-refractivity contribution in [2.75, 3.05) is 5.32 Å². The van der Waals surface area contributed by atoms with E-state index in [2.05, 4.69) is 20.5 Å². The molecule has 0 radical (unpaired) electrons. The minimum atomic E-state index is -0.699. The number of halogens is 1. The second-order valence-electron chi connectivity index (χ2n) is 3.59. The zero-order chi connectivity index (χ0) is 14.7. The number of aryl methyl sites for hydroxylation is 1. The molecular weight excluding hydrogens is 306 g/mol. The number of pyridine rings is 1. The van der Waals surface area contributed by atoms with Crippen molar-refractivity contribution < 1.29 is 9.72 Å². The number of nitro groups is 1. The maximum absolute atomic E-state index is 12.0. The van der Waals surface area contributed by atoms with E-state index >= 15 is 0 Å². The molecule has 1 N–H and O–H groups in total. The number of aromatic nitrogens is 3. The number of hydrogen-bond acceptors (Lipinski definition) is 7. The lowest BCUT2D eigenvalue weighted by Crippen LogP contribution is -2.14. The molecule has 0 aliphatic rings. The molecule has 20 heavy (non-hydrogen) atoms. The van der Waals surface area contributed by atoms with Gasteiger partial charge in [-0.25, -0.2) is 4.98 Å². The Balaban J connectivity index is 2.28. The molecule has 2 aromatic rings. The Kier molecular flexibility index (Phi) is 4.20. The van der Waals surface area contributed by atoms with Gasteiger partial charge in [0.15, 0.2) is 0 Å². The molecule has 0 aromatic carbocycles. The zero-order valence-corrected chi connectivity index (χ0v) is 11.7. The summed E-state index contributed by atoms with van der Waals surface area (Å²) in [6.45, 7) is 1.90. The first kappa shape index (κ1) is 14.3. The van der Waals surface area contributed by atoms with E-state index in [4.69, 9.17) is 11.6 Å². The first-order valence-corrected chi connectivity index (χ1v) is 6.64. The smallest absolute Gasteiger partial charge is 0.296 e. The van der Waals surface area contributed by atoms with Crippen molar-refractivity contribution in [3.63, 3.8) is 0 Å². The van der Waals surface area contributed by atoms with Crippen molar-refractivity contribution >= 4 is 39.7 Å². The minimum absolute atomic E-state index is 0.00717. The van der Waals surface area contributed by atoms with Crippen LogP contribution in [-0.2, 0) is 6.42 Å². The molecule has 2 rings (SSSR count). The summed E-state index contributed by atoms with van der Waals surface area (Å²) in [4.78, 5) is 25.8. The van der Waals surface area contributed by atoms with E-state index in [9.17, 15) is 14.9 Å². The molecule has 0 aliphatic carbocycles. The van der Waals surface area contributed by atoms with Crippen molar-refractivity contribution in [1.29, 1.82) is 0 Å². The normalized spacial score (nSPS) is 10.3. The summed E-state index contributed by atoms with van der Waals surface area (Å²) in [5, 5.41) is 21.9. The maximum Gasteiger partial charge on any atom is 0.300 e. The Labute approximate surface area is 122 Å². The van der Waals surface area contributed by atoms with E-state index in [0.717, 1.165) is 17.3 Å². The molecule has 0 atom stereocenters. The average Bonchev–Trinajstić information content (AvgIpc) is 2.85. The van der Waals surface area contributed by atoms with Gasteiger partial charge in [0.25, 0.3) is 11.6 Å². The molecule has 0 saturated heterocycles. The van der Waals surface area contributed by atoms with Crippen LogP contribution in [0.15, 0.2) is 12.3 Å². The van der Waals surface area contributed by atoms with Gasteiger partial charge in [0.1, 0.15) is 21.9 Å². The number of amides is 1. The predicted octanol–water partition coefficient (Wildman–Crippen LogP) is 2.31. The molecule has 0 spiro atoms. The summed E-state index contributed by atoms with van der Waals surface area (Å²) in [7, 11) is 0. The molecule has 0 fully saturated rings. The van der Waals surface area contributed by atoms with E-state index in [1.54, 1.807) is 0 Å². The quantitative estimate of drug-likeness (QED) is 0.526. The van der Waals surface area contributed by atoms with Gasteiger partial charge in [0, 0.05) is 0 Å². The maximum atomic E-state index is 12.0. The van der Waals surface area contributed by atoms with Crippen molar-refractivity contribution in [3.05, 3.63) is 38.1 Å². The average molecular weight is 314 g/mol. The number of carbonyl (C=O) groups is 1. The monoisotopic (exact) mass is 313 g/mol. The van der Waals surface area contributed by atoms with Crippen LogP contribution >= 0.6 is 22.9 Å². The van der Waals surface area contributed by atoms with Gasteiger partial charge in [0.2, 0.25) is 5.13 Å². The van der Waals surface area contributed by atoms with Crippen LogP contribution in [-0.4, -0.2) is 26.0 Å². The fourth-order valence-corrected chi connectivity index (χ4v) is 2.19. The van der Waals surface area contributed by atoms with Gasteiger partial charge in [-0.3, -0.25) is 20.2 Å². The van der Waals surface area contributed by atoms with Gasteiger partial charge in [-0.2, -0.15) is 0 Å². The van der Waals surface area contributed by atoms with Crippen LogP contribution in [0.1, 0.15) is 22.3 Å². The van der Waals surface area contributed by atoms with E-state index in [1.165, 1.54) is 11.3 Å². The molecule has 10 heteroatoms. The van der Waals surface area contributed by atoms with Crippen molar-refractivity contribution in [2.45, 2.75) is 13.3 Å². The summed E-state index contributed by atoms with van der Waals surface area (Å²) in [5.74, 6) is -0.681. The second-order valence-corrected chi connectivity index (χ2v) is 5.04. The second kappa shape index (κ2) is 5.88. The lowest BCUT2D eigenvalue weighted by atomic mass is 10.2. The largest absolute Gasteiger partial charge is 0.300 e. The highest BCUT2D eigenvalue weighted by atomic mass is 35.5. The van der Waals surface area contributed by atoms with Crippen LogP contribution in [0.25, 0.3) is 0 Å². The highest BCUT2D eigenvalue weighted by Crippen LogP contribution is 2.23. The standard InChI is InChI=1S/C10H8ClN5O3S/c1-2-8-14-15-10(20-8)13-9(17)5-3-7(11)12-4-6(5)16(18)19/h3-4H,2H2,1H3,(H,13,15,17). The first-order chi connectivity index (χ1) is 9.51. The van der Waals surface area contributed by atoms with E-state index in [0.29, 0.717) is 6.42 Å². The van der Waals surface area contributed by atoms with Crippen molar-refractivity contribution in [1.82, 2.24) is 15.2 Å². The third-order valence-electron chi connectivity index (χ3n) is 2.28. The van der Waals surface area contributed by atoms with Crippen LogP contribution in [0.5, 0.6) is 0 Å². The SMILES string of the molecule is CCc1nnc(NC(=O)c2cc(Cl)ncc2[N+](=O)[O-])s1. The Hall–Kier alpha value is -2.13. The number of hydrogen-bond donors (Lipinski definition) is 1. The molecule has 0 bridgehead atoms. The lowest BCUT2D eigenvalue weighted by Gasteiger charge is -2.02. The number of nitrogens with one attached hydrogen (secondary N) is 1. The third-order valence-corrected chi connectivity index (χ3v) is 3.47. The third kappa shape index (κ3) is 3.06. The van der Waals surface area contributed by atoms with Crippen LogP contribution in [0.2, 0.25) is 5.15 Å². The number of rotatable bonds is 4.